The van der Waals surface area contributed by atoms with Crippen LogP contribution in [-0.2, 0) is 23.2 Å². The lowest BCUT2D eigenvalue weighted by atomic mass is 9.72. The van der Waals surface area contributed by atoms with Crippen LogP contribution in [0.4, 0.5) is 0 Å². The number of methoxy groups -OCH3 is 1. The summed E-state index contributed by atoms with van der Waals surface area (Å²) in [4.78, 5) is 15.5. The number of piperidine rings is 1. The van der Waals surface area contributed by atoms with E-state index in [1.165, 1.54) is 5.56 Å². The summed E-state index contributed by atoms with van der Waals surface area (Å²) < 4.78 is 5.30. The van der Waals surface area contributed by atoms with Crippen LogP contribution in [0, 0.1) is 5.92 Å². The predicted molar refractivity (Wildman–Crippen MR) is 164 cm³/mol. The Morgan fingerprint density at radius 1 is 1.10 bits per heavy atom. The fourth-order valence-electron chi connectivity index (χ4n) is 6.04. The van der Waals surface area contributed by atoms with E-state index < -0.39 is 5.60 Å². The minimum Gasteiger partial charge on any atom is -0.385 e. The molecule has 6 heteroatoms. The number of carbonyl (C=O) groups is 1. The van der Waals surface area contributed by atoms with E-state index in [1.54, 1.807) is 7.11 Å². The number of halogens is 1. The quantitative estimate of drug-likeness (QED) is 0.243. The molecule has 1 aliphatic rings. The van der Waals surface area contributed by atoms with E-state index in [0.29, 0.717) is 43.2 Å². The maximum atomic E-state index is 13.6. The van der Waals surface area contributed by atoms with Crippen LogP contribution in [0.15, 0.2) is 66.7 Å². The molecule has 40 heavy (non-hydrogen) atoms. The number of carbonyl (C=O) groups excluding carboxylic acids is 1. The number of nitrogens with two attached hydrogens (primary N) is 1. The zero-order valence-corrected chi connectivity index (χ0v) is 24.6. The van der Waals surface area contributed by atoms with Crippen molar-refractivity contribution in [1.82, 2.24) is 4.90 Å². The van der Waals surface area contributed by atoms with E-state index in [9.17, 15) is 9.90 Å². The van der Waals surface area contributed by atoms with Crippen LogP contribution in [0.2, 0.25) is 5.02 Å². The number of aryl methyl sites for hydroxylation is 1. The second kappa shape index (κ2) is 14.3. The van der Waals surface area contributed by atoms with Crippen LogP contribution >= 0.6 is 11.6 Å². The normalized spacial score (nSPS) is 17.0. The summed E-state index contributed by atoms with van der Waals surface area (Å²) >= 11 is 6.88. The molecule has 1 unspecified atom stereocenters. The van der Waals surface area contributed by atoms with Gasteiger partial charge >= 0.3 is 0 Å². The minimum atomic E-state index is -1.15. The number of rotatable bonds is 12. The molecule has 3 aromatic carbocycles. The first-order valence-electron chi connectivity index (χ1n) is 14.6. The van der Waals surface area contributed by atoms with Gasteiger partial charge in [-0.15, -0.1) is 0 Å². The molecule has 1 aliphatic heterocycles. The first-order valence-corrected chi connectivity index (χ1v) is 15.0. The Hall–Kier alpha value is -2.70. The molecule has 0 aliphatic carbocycles. The average molecular weight is 563 g/mol. The maximum Gasteiger partial charge on any atom is 0.253 e. The van der Waals surface area contributed by atoms with Crippen molar-refractivity contribution < 1.29 is 14.6 Å². The first-order chi connectivity index (χ1) is 19.4. The lowest BCUT2D eigenvalue weighted by molar-refractivity contribution is -0.0574. The molecule has 0 radical (unpaired) electrons. The first kappa shape index (κ1) is 30.3. The smallest absolute Gasteiger partial charge is 0.253 e. The Kier molecular flexibility index (Phi) is 10.8. The summed E-state index contributed by atoms with van der Waals surface area (Å²) in [6, 6.07) is 22.0. The summed E-state index contributed by atoms with van der Waals surface area (Å²) in [5, 5.41) is 13.3. The van der Waals surface area contributed by atoms with Gasteiger partial charge in [0.05, 0.1) is 5.60 Å². The van der Waals surface area contributed by atoms with Crippen molar-refractivity contribution in [3.63, 3.8) is 0 Å². The molecule has 1 heterocycles. The Balaban J connectivity index is 1.69. The average Bonchev–Trinajstić information content (AvgIpc) is 2.99. The van der Waals surface area contributed by atoms with Gasteiger partial charge < -0.3 is 20.5 Å². The highest BCUT2D eigenvalue weighted by Gasteiger charge is 2.43. The highest BCUT2D eigenvalue weighted by molar-refractivity contribution is 6.33. The molecule has 1 saturated heterocycles. The van der Waals surface area contributed by atoms with E-state index in [1.807, 2.05) is 47.4 Å². The Labute approximate surface area is 244 Å². The van der Waals surface area contributed by atoms with Gasteiger partial charge in [-0.3, -0.25) is 4.79 Å². The highest BCUT2D eigenvalue weighted by atomic mass is 35.5. The molecule has 3 N–H and O–H groups in total. The summed E-state index contributed by atoms with van der Waals surface area (Å²) in [6.07, 6.45) is 5.60. The van der Waals surface area contributed by atoms with Crippen LogP contribution in [0.5, 0.6) is 0 Å². The molecular formula is C34H43ClN2O3. The topological polar surface area (TPSA) is 75.8 Å². The number of nitrogens with zero attached hydrogens (tertiary/aromatic N) is 1. The van der Waals surface area contributed by atoms with Crippen molar-refractivity contribution in [3.05, 3.63) is 94.0 Å². The zero-order valence-electron chi connectivity index (χ0n) is 23.9. The SMILES string of the molecule is CCc1cccc(-c2c(Cl)cccc2C(O)(CCCCOC)[C@@H]2CCCN(C(=O)c3ccc(CCN)cc3)C2)c1. The van der Waals surface area contributed by atoms with E-state index >= 15 is 0 Å². The lowest BCUT2D eigenvalue weighted by Crippen LogP contribution is -2.48. The van der Waals surface area contributed by atoms with Gasteiger partial charge in [-0.05, 0) is 91.9 Å². The summed E-state index contributed by atoms with van der Waals surface area (Å²) in [7, 11) is 1.70. The van der Waals surface area contributed by atoms with E-state index in [2.05, 4.69) is 31.2 Å². The van der Waals surface area contributed by atoms with E-state index in [-0.39, 0.29) is 11.8 Å². The molecule has 0 aromatic heterocycles. The molecule has 4 rings (SSSR count). The largest absolute Gasteiger partial charge is 0.385 e. The molecular weight excluding hydrogens is 520 g/mol. The van der Waals surface area contributed by atoms with Crippen LogP contribution in [0.3, 0.4) is 0 Å². The van der Waals surface area contributed by atoms with Crippen LogP contribution < -0.4 is 5.73 Å². The lowest BCUT2D eigenvalue weighted by Gasteiger charge is -2.44. The van der Waals surface area contributed by atoms with Gasteiger partial charge in [0.1, 0.15) is 0 Å². The number of amides is 1. The molecule has 0 saturated carbocycles. The second-order valence-electron chi connectivity index (χ2n) is 10.9. The van der Waals surface area contributed by atoms with Crippen LogP contribution in [0.1, 0.15) is 66.1 Å². The molecule has 1 amide bonds. The van der Waals surface area contributed by atoms with Crippen molar-refractivity contribution in [1.29, 1.82) is 0 Å². The van der Waals surface area contributed by atoms with Crippen molar-refractivity contribution in [3.8, 4) is 11.1 Å². The summed E-state index contributed by atoms with van der Waals surface area (Å²) in [5.74, 6) is -0.122. The second-order valence-corrected chi connectivity index (χ2v) is 11.3. The molecule has 0 spiro atoms. The summed E-state index contributed by atoms with van der Waals surface area (Å²) in [5.41, 5.74) is 10.3. The Bertz CT molecular complexity index is 1260. The number of benzene rings is 3. The Morgan fingerprint density at radius 3 is 2.60 bits per heavy atom. The maximum absolute atomic E-state index is 13.6. The number of hydrogen-bond donors (Lipinski definition) is 2. The van der Waals surface area contributed by atoms with E-state index in [0.717, 1.165) is 60.8 Å². The van der Waals surface area contributed by atoms with Crippen LogP contribution in [0.25, 0.3) is 11.1 Å². The highest BCUT2D eigenvalue weighted by Crippen LogP contribution is 2.46. The molecule has 0 bridgehead atoms. The van der Waals surface area contributed by atoms with Gasteiger partial charge in [0.25, 0.3) is 5.91 Å². The van der Waals surface area contributed by atoms with Crippen molar-refractivity contribution in [2.45, 2.75) is 57.5 Å². The van der Waals surface area contributed by atoms with Gasteiger partial charge in [-0.2, -0.15) is 0 Å². The van der Waals surface area contributed by atoms with Gasteiger partial charge in [-0.25, -0.2) is 0 Å². The molecule has 214 valence electrons. The number of unbranched alkanes of at least 4 members (excludes halogenated alkanes) is 1. The fourth-order valence-corrected chi connectivity index (χ4v) is 6.32. The predicted octanol–water partition coefficient (Wildman–Crippen LogP) is 6.63. The third-order valence-corrected chi connectivity index (χ3v) is 8.59. The standard InChI is InChI=1S/C34H43ClN2O3/c1-3-25-9-6-10-28(23-25)32-30(12-7-13-31(32)35)34(39,19-4-5-22-40-2)29-11-8-21-37(24-29)33(38)27-16-14-26(15-17-27)18-20-36/h6-7,9-10,12-17,23,29,39H,3-5,8,11,18-22,24,36H2,1-2H3/t29-,34?/m1/s1. The molecule has 1 fully saturated rings. The van der Waals surface area contributed by atoms with Crippen molar-refractivity contribution >= 4 is 17.5 Å². The van der Waals surface area contributed by atoms with Crippen LogP contribution in [-0.4, -0.2) is 49.3 Å². The van der Waals surface area contributed by atoms with E-state index in [4.69, 9.17) is 22.1 Å². The van der Waals surface area contributed by atoms with Crippen molar-refractivity contribution in [2.75, 3.05) is 33.4 Å². The number of likely N-dealkylation sites (tertiary alicyclic amines) is 1. The molecule has 3 aromatic rings. The monoisotopic (exact) mass is 562 g/mol. The number of ether oxygens (including phenoxy) is 1. The van der Waals surface area contributed by atoms with Gasteiger partial charge in [0, 0.05) is 48.9 Å². The third-order valence-electron chi connectivity index (χ3n) is 8.28. The third kappa shape index (κ3) is 6.95. The van der Waals surface area contributed by atoms with Gasteiger partial charge in [0.2, 0.25) is 0 Å². The van der Waals surface area contributed by atoms with Gasteiger partial charge in [0.15, 0.2) is 0 Å². The fraction of sp³-hybridized carbons (Fsp3) is 0.441. The summed E-state index contributed by atoms with van der Waals surface area (Å²) in [6.45, 7) is 4.54. The zero-order chi connectivity index (χ0) is 28.5. The van der Waals surface area contributed by atoms with Gasteiger partial charge in [-0.1, -0.05) is 67.1 Å². The molecule has 2 atom stereocenters. The minimum absolute atomic E-state index is 0.00713. The van der Waals surface area contributed by atoms with Crippen molar-refractivity contribution in [2.24, 2.45) is 11.7 Å². The number of aliphatic hydroxyl groups is 1. The Morgan fingerprint density at radius 2 is 1.88 bits per heavy atom. The number of hydrogen-bond acceptors (Lipinski definition) is 4. The molecule has 5 nitrogen and oxygen atoms in total.